The van der Waals surface area contributed by atoms with Crippen LogP contribution in [-0.4, -0.2) is 28.1 Å². The van der Waals surface area contributed by atoms with E-state index in [1.54, 1.807) is 18.7 Å². The molecule has 0 unspecified atom stereocenters. The number of aliphatic hydroxyl groups is 1. The fourth-order valence-electron chi connectivity index (χ4n) is 0.370. The Labute approximate surface area is 65.8 Å². The fourth-order valence-corrected chi connectivity index (χ4v) is 1.38. The summed E-state index contributed by atoms with van der Waals surface area (Å²) in [5, 5.41) is 9.29. The Kier molecular flexibility index (Phi) is 5.75. The van der Waals surface area contributed by atoms with Crippen molar-refractivity contribution >= 4 is 23.4 Å². The minimum atomic E-state index is -0.224. The van der Waals surface area contributed by atoms with Crippen LogP contribution in [0.25, 0.3) is 0 Å². The molecule has 0 saturated heterocycles. The second-order valence-electron chi connectivity index (χ2n) is 2.01. The SMILES string of the molecule is C[C@H](SCCCl)[C@@H](C)O. The Balaban J connectivity index is 3.16. The van der Waals surface area contributed by atoms with E-state index < -0.39 is 0 Å². The summed E-state index contributed by atoms with van der Waals surface area (Å²) in [5.74, 6) is 1.59. The first-order valence-electron chi connectivity index (χ1n) is 3.04. The van der Waals surface area contributed by atoms with E-state index in [1.165, 1.54) is 0 Å². The Morgan fingerprint density at radius 1 is 1.56 bits per heavy atom. The van der Waals surface area contributed by atoms with E-state index in [0.29, 0.717) is 11.1 Å². The Bertz CT molecular complexity index is 68.1. The van der Waals surface area contributed by atoms with Crippen LogP contribution in [0.4, 0.5) is 0 Å². The summed E-state index contributed by atoms with van der Waals surface area (Å²) in [7, 11) is 0. The smallest absolute Gasteiger partial charge is 0.0627 e. The molecule has 0 aliphatic carbocycles. The Hall–Kier alpha value is 0.600. The highest BCUT2D eigenvalue weighted by molar-refractivity contribution is 8.00. The van der Waals surface area contributed by atoms with Crippen molar-refractivity contribution in [2.45, 2.75) is 25.2 Å². The number of hydrogen-bond acceptors (Lipinski definition) is 2. The molecule has 0 saturated carbocycles. The maximum atomic E-state index is 8.98. The predicted molar refractivity (Wildman–Crippen MR) is 44.3 cm³/mol. The van der Waals surface area contributed by atoms with Gasteiger partial charge in [0.15, 0.2) is 0 Å². The van der Waals surface area contributed by atoms with E-state index in [2.05, 4.69) is 0 Å². The van der Waals surface area contributed by atoms with Gasteiger partial charge in [0, 0.05) is 16.9 Å². The van der Waals surface area contributed by atoms with Gasteiger partial charge in [0.2, 0.25) is 0 Å². The molecule has 0 aromatic carbocycles. The topological polar surface area (TPSA) is 20.2 Å². The molecule has 0 heterocycles. The van der Waals surface area contributed by atoms with Gasteiger partial charge in [-0.2, -0.15) is 11.8 Å². The van der Waals surface area contributed by atoms with Crippen molar-refractivity contribution in [3.05, 3.63) is 0 Å². The van der Waals surface area contributed by atoms with Gasteiger partial charge in [0.1, 0.15) is 0 Å². The number of alkyl halides is 1. The summed E-state index contributed by atoms with van der Waals surface area (Å²) in [6.45, 7) is 3.80. The third-order valence-corrected chi connectivity index (χ3v) is 2.91. The van der Waals surface area contributed by atoms with Gasteiger partial charge in [0.05, 0.1) is 6.10 Å². The molecule has 0 aromatic rings. The van der Waals surface area contributed by atoms with Crippen molar-refractivity contribution in [1.82, 2.24) is 0 Å². The number of rotatable bonds is 4. The van der Waals surface area contributed by atoms with Crippen LogP contribution in [0, 0.1) is 0 Å². The molecule has 0 aliphatic heterocycles. The molecule has 0 aliphatic rings. The molecule has 1 N–H and O–H groups in total. The third-order valence-electron chi connectivity index (χ3n) is 1.14. The maximum absolute atomic E-state index is 8.98. The van der Waals surface area contributed by atoms with E-state index in [4.69, 9.17) is 16.7 Å². The van der Waals surface area contributed by atoms with Crippen LogP contribution in [0.3, 0.4) is 0 Å². The van der Waals surface area contributed by atoms with Crippen molar-refractivity contribution in [2.24, 2.45) is 0 Å². The van der Waals surface area contributed by atoms with Crippen LogP contribution in [0.15, 0.2) is 0 Å². The van der Waals surface area contributed by atoms with E-state index in [-0.39, 0.29) is 6.10 Å². The van der Waals surface area contributed by atoms with Crippen molar-refractivity contribution in [1.29, 1.82) is 0 Å². The van der Waals surface area contributed by atoms with E-state index in [0.717, 1.165) is 5.75 Å². The lowest BCUT2D eigenvalue weighted by molar-refractivity contribution is 0.196. The molecule has 3 heteroatoms. The van der Waals surface area contributed by atoms with Gasteiger partial charge < -0.3 is 5.11 Å². The van der Waals surface area contributed by atoms with Crippen LogP contribution in [0.1, 0.15) is 13.8 Å². The lowest BCUT2D eigenvalue weighted by atomic mass is 10.3. The first kappa shape index (κ1) is 9.60. The fraction of sp³-hybridized carbons (Fsp3) is 1.00. The Morgan fingerprint density at radius 3 is 2.44 bits per heavy atom. The van der Waals surface area contributed by atoms with Crippen LogP contribution in [0.2, 0.25) is 0 Å². The van der Waals surface area contributed by atoms with Crippen molar-refractivity contribution < 1.29 is 5.11 Å². The highest BCUT2D eigenvalue weighted by atomic mass is 35.5. The zero-order chi connectivity index (χ0) is 7.28. The lowest BCUT2D eigenvalue weighted by Crippen LogP contribution is -2.15. The van der Waals surface area contributed by atoms with Gasteiger partial charge in [-0.1, -0.05) is 6.92 Å². The molecular weight excluding hydrogens is 156 g/mol. The second-order valence-corrected chi connectivity index (χ2v) is 3.87. The first-order chi connectivity index (χ1) is 4.18. The first-order valence-corrected chi connectivity index (χ1v) is 4.62. The van der Waals surface area contributed by atoms with Gasteiger partial charge in [-0.25, -0.2) is 0 Å². The van der Waals surface area contributed by atoms with E-state index >= 15 is 0 Å². The van der Waals surface area contributed by atoms with E-state index in [1.807, 2.05) is 6.92 Å². The summed E-state index contributed by atoms with van der Waals surface area (Å²) in [6, 6.07) is 0. The number of halogens is 1. The zero-order valence-electron chi connectivity index (χ0n) is 5.80. The number of aliphatic hydroxyl groups excluding tert-OH is 1. The normalized spacial score (nSPS) is 17.3. The molecule has 1 nitrogen and oxygen atoms in total. The second kappa shape index (κ2) is 5.39. The minimum Gasteiger partial charge on any atom is -0.392 e. The Morgan fingerprint density at radius 2 is 2.11 bits per heavy atom. The van der Waals surface area contributed by atoms with Crippen LogP contribution in [-0.2, 0) is 0 Å². The minimum absolute atomic E-state index is 0.224. The predicted octanol–water partition coefficient (Wildman–Crippen LogP) is 1.73. The quantitative estimate of drug-likeness (QED) is 0.646. The monoisotopic (exact) mass is 168 g/mol. The molecule has 0 bridgehead atoms. The van der Waals surface area contributed by atoms with Crippen LogP contribution >= 0.6 is 23.4 Å². The standard InChI is InChI=1S/C6H13ClOS/c1-5(8)6(2)9-4-3-7/h5-6,8H,3-4H2,1-2H3/t5-,6+/m1/s1. The zero-order valence-corrected chi connectivity index (χ0v) is 7.37. The van der Waals surface area contributed by atoms with E-state index in [9.17, 15) is 0 Å². The van der Waals surface area contributed by atoms with Crippen molar-refractivity contribution in [2.75, 3.05) is 11.6 Å². The molecule has 0 spiro atoms. The van der Waals surface area contributed by atoms with Gasteiger partial charge in [-0.05, 0) is 6.92 Å². The molecule has 0 rings (SSSR count). The summed E-state index contributed by atoms with van der Waals surface area (Å²) < 4.78 is 0. The van der Waals surface area contributed by atoms with Gasteiger partial charge in [-0.15, -0.1) is 11.6 Å². The van der Waals surface area contributed by atoms with Crippen LogP contribution in [0.5, 0.6) is 0 Å². The van der Waals surface area contributed by atoms with Crippen molar-refractivity contribution in [3.8, 4) is 0 Å². The van der Waals surface area contributed by atoms with Crippen molar-refractivity contribution in [3.63, 3.8) is 0 Å². The lowest BCUT2D eigenvalue weighted by Gasteiger charge is -2.12. The maximum Gasteiger partial charge on any atom is 0.0627 e. The summed E-state index contributed by atoms with van der Waals surface area (Å²) in [5.41, 5.74) is 0. The molecule has 0 fully saturated rings. The molecule has 0 radical (unpaired) electrons. The summed E-state index contributed by atoms with van der Waals surface area (Å²) >= 11 is 7.15. The van der Waals surface area contributed by atoms with Gasteiger partial charge in [0.25, 0.3) is 0 Å². The molecule has 0 amide bonds. The molecule has 2 atom stereocenters. The molecule has 56 valence electrons. The third kappa shape index (κ3) is 5.07. The highest BCUT2D eigenvalue weighted by Gasteiger charge is 2.07. The summed E-state index contributed by atoms with van der Waals surface area (Å²) in [6.07, 6.45) is -0.224. The average molecular weight is 169 g/mol. The van der Waals surface area contributed by atoms with Gasteiger partial charge >= 0.3 is 0 Å². The van der Waals surface area contributed by atoms with Gasteiger partial charge in [-0.3, -0.25) is 0 Å². The number of hydrogen-bond donors (Lipinski definition) is 1. The molecule has 0 aromatic heterocycles. The number of thioether (sulfide) groups is 1. The summed E-state index contributed by atoms with van der Waals surface area (Å²) in [4.78, 5) is 0. The molecular formula is C6H13ClOS. The average Bonchev–Trinajstić information content (AvgIpc) is 1.82. The largest absolute Gasteiger partial charge is 0.392 e. The highest BCUT2D eigenvalue weighted by Crippen LogP contribution is 2.13. The molecule has 9 heavy (non-hydrogen) atoms. The van der Waals surface area contributed by atoms with Crippen LogP contribution < -0.4 is 0 Å².